The van der Waals surface area contributed by atoms with E-state index in [0.29, 0.717) is 0 Å². The van der Waals surface area contributed by atoms with Gasteiger partial charge in [-0.1, -0.05) is 19.6 Å². The summed E-state index contributed by atoms with van der Waals surface area (Å²) in [5.41, 5.74) is 2.85. The smallest absolute Gasteiger partial charge is 0.286 e. The lowest BCUT2D eigenvalue weighted by Crippen LogP contribution is -2.27. The van der Waals surface area contributed by atoms with Gasteiger partial charge in [-0.25, -0.2) is 0 Å². The first kappa shape index (κ1) is 10.9. The van der Waals surface area contributed by atoms with Crippen LogP contribution in [0.25, 0.3) is 0 Å². The molecule has 0 radical (unpaired) electrons. The van der Waals surface area contributed by atoms with Crippen molar-refractivity contribution in [1.82, 2.24) is 5.32 Å². The second-order valence-corrected chi connectivity index (χ2v) is 8.26. The number of imide groups is 1. The van der Waals surface area contributed by atoms with E-state index in [4.69, 9.17) is 0 Å². The van der Waals surface area contributed by atoms with E-state index in [9.17, 15) is 9.59 Å². The van der Waals surface area contributed by atoms with Crippen LogP contribution >= 0.6 is 0 Å². The molecule has 0 rings (SSSR count). The minimum absolute atomic E-state index is 0.370. The van der Waals surface area contributed by atoms with Crippen LogP contribution in [0.2, 0.25) is 19.6 Å². The number of carbonyl (C=O) groups is 2. The maximum atomic E-state index is 10.8. The zero-order valence-corrected chi connectivity index (χ0v) is 8.82. The van der Waals surface area contributed by atoms with Gasteiger partial charge in [0.25, 0.3) is 0 Å². The Morgan fingerprint density at radius 1 is 1.25 bits per heavy atom. The normalized spacial score (nSPS) is 9.67. The number of rotatable bonds is 0. The molecule has 1 N–H and O–H groups in total. The van der Waals surface area contributed by atoms with E-state index < -0.39 is 14.0 Å². The van der Waals surface area contributed by atoms with Gasteiger partial charge in [0.1, 0.15) is 8.07 Å². The topological polar surface area (TPSA) is 46.2 Å². The van der Waals surface area contributed by atoms with Crippen molar-refractivity contribution in [3.8, 4) is 11.5 Å². The molecule has 0 saturated heterocycles. The summed E-state index contributed by atoms with van der Waals surface area (Å²) in [6, 6.07) is 0. The van der Waals surface area contributed by atoms with E-state index in [0.717, 1.165) is 0 Å². The van der Waals surface area contributed by atoms with Crippen LogP contribution in [-0.4, -0.2) is 19.9 Å². The Labute approximate surface area is 73.5 Å². The minimum Gasteiger partial charge on any atom is -0.286 e. The molecule has 0 saturated carbocycles. The number of carbonyl (C=O) groups excluding carboxylic acids is 2. The lowest BCUT2D eigenvalue weighted by atomic mass is 10.6. The number of nitrogens with one attached hydrogen (secondary N) is 1. The quantitative estimate of drug-likeness (QED) is 0.440. The Bertz CT molecular complexity index is 254. The van der Waals surface area contributed by atoms with Crippen molar-refractivity contribution in [3.63, 3.8) is 0 Å². The Morgan fingerprint density at radius 3 is 2.08 bits per heavy atom. The van der Waals surface area contributed by atoms with Gasteiger partial charge in [-0.05, 0) is 5.92 Å². The molecule has 0 unspecified atom stereocenters. The molecule has 12 heavy (non-hydrogen) atoms. The summed E-state index contributed by atoms with van der Waals surface area (Å²) in [7, 11) is -1.50. The maximum absolute atomic E-state index is 10.8. The lowest BCUT2D eigenvalue weighted by molar-refractivity contribution is -0.126. The predicted molar refractivity (Wildman–Crippen MR) is 49.9 cm³/mol. The van der Waals surface area contributed by atoms with E-state index in [-0.39, 0.29) is 5.91 Å². The molecule has 0 aliphatic heterocycles. The van der Waals surface area contributed by atoms with Gasteiger partial charge in [-0.2, -0.15) is 0 Å². The molecular formula is C8H13NO2Si. The van der Waals surface area contributed by atoms with Crippen LogP contribution < -0.4 is 5.32 Å². The first-order valence-electron chi connectivity index (χ1n) is 3.66. The van der Waals surface area contributed by atoms with Crippen molar-refractivity contribution in [3.05, 3.63) is 0 Å². The van der Waals surface area contributed by atoms with Crippen molar-refractivity contribution in [2.24, 2.45) is 0 Å². The third-order valence-corrected chi connectivity index (χ3v) is 1.72. The zero-order chi connectivity index (χ0) is 9.78. The molecule has 4 heteroatoms. The van der Waals surface area contributed by atoms with Crippen LogP contribution in [0.3, 0.4) is 0 Å². The highest BCUT2D eigenvalue weighted by Crippen LogP contribution is 1.95. The highest BCUT2D eigenvalue weighted by Gasteiger charge is 2.08. The van der Waals surface area contributed by atoms with Crippen LogP contribution in [0.1, 0.15) is 6.92 Å². The van der Waals surface area contributed by atoms with Crippen LogP contribution in [0, 0.1) is 11.5 Å². The molecule has 0 aliphatic rings. The van der Waals surface area contributed by atoms with Crippen molar-refractivity contribution < 1.29 is 9.59 Å². The Kier molecular flexibility index (Phi) is 3.70. The van der Waals surface area contributed by atoms with E-state index >= 15 is 0 Å². The summed E-state index contributed by atoms with van der Waals surface area (Å²) in [4.78, 5) is 21.2. The van der Waals surface area contributed by atoms with E-state index in [1.165, 1.54) is 6.92 Å². The van der Waals surface area contributed by atoms with Crippen molar-refractivity contribution in [2.75, 3.05) is 0 Å². The first-order chi connectivity index (χ1) is 5.31. The predicted octanol–water partition coefficient (Wildman–Crippen LogP) is 0.530. The van der Waals surface area contributed by atoms with E-state index in [1.54, 1.807) is 0 Å². The van der Waals surface area contributed by atoms with Gasteiger partial charge in [-0.3, -0.25) is 14.9 Å². The molecule has 0 aromatic rings. The zero-order valence-electron chi connectivity index (χ0n) is 7.82. The summed E-state index contributed by atoms with van der Waals surface area (Å²) in [6.45, 7) is 7.37. The SMILES string of the molecule is CC(=O)NC(=O)C#C[Si](C)(C)C. The molecule has 3 nitrogen and oxygen atoms in total. The molecule has 0 aromatic carbocycles. The molecule has 0 bridgehead atoms. The average Bonchev–Trinajstić information content (AvgIpc) is 1.80. The second kappa shape index (κ2) is 4.07. The van der Waals surface area contributed by atoms with Crippen LogP contribution in [0.15, 0.2) is 0 Å². The van der Waals surface area contributed by atoms with Gasteiger partial charge in [0.2, 0.25) is 5.91 Å². The minimum atomic E-state index is -1.50. The van der Waals surface area contributed by atoms with Crippen molar-refractivity contribution >= 4 is 19.9 Å². The third kappa shape index (κ3) is 7.03. The highest BCUT2D eigenvalue weighted by atomic mass is 28.3. The Morgan fingerprint density at radius 2 is 1.75 bits per heavy atom. The van der Waals surface area contributed by atoms with Gasteiger partial charge in [-0.15, -0.1) is 5.54 Å². The van der Waals surface area contributed by atoms with E-state index in [2.05, 4.69) is 16.8 Å². The summed E-state index contributed by atoms with van der Waals surface area (Å²) in [6.07, 6.45) is 0. The number of amides is 2. The lowest BCUT2D eigenvalue weighted by Gasteiger charge is -2.02. The second-order valence-electron chi connectivity index (χ2n) is 3.51. The summed E-state index contributed by atoms with van der Waals surface area (Å²) >= 11 is 0. The fourth-order valence-corrected chi connectivity index (χ4v) is 0.924. The largest absolute Gasteiger partial charge is 0.301 e. The molecule has 0 aromatic heterocycles. The molecule has 66 valence electrons. The first-order valence-corrected chi connectivity index (χ1v) is 7.16. The number of hydrogen-bond acceptors (Lipinski definition) is 2. The molecule has 0 fully saturated rings. The fourth-order valence-electron chi connectivity index (χ4n) is 0.435. The van der Waals surface area contributed by atoms with Gasteiger partial charge in [0, 0.05) is 6.92 Å². The van der Waals surface area contributed by atoms with Gasteiger partial charge in [0.15, 0.2) is 0 Å². The van der Waals surface area contributed by atoms with Gasteiger partial charge < -0.3 is 0 Å². The summed E-state index contributed by atoms with van der Waals surface area (Å²) in [5.74, 6) is 1.51. The van der Waals surface area contributed by atoms with Crippen molar-refractivity contribution in [1.29, 1.82) is 0 Å². The number of hydrogen-bond donors (Lipinski definition) is 1. The standard InChI is InChI=1S/C8H13NO2Si/c1-7(10)9-8(11)5-6-12(2,3)4/h1-4H3,(H,9,10,11). The fraction of sp³-hybridized carbons (Fsp3) is 0.500. The monoisotopic (exact) mass is 183 g/mol. The van der Waals surface area contributed by atoms with Gasteiger partial charge >= 0.3 is 5.91 Å². The van der Waals surface area contributed by atoms with E-state index in [1.807, 2.05) is 19.6 Å². The molecular weight excluding hydrogens is 170 g/mol. The Hall–Kier alpha value is -1.08. The summed E-state index contributed by atoms with van der Waals surface area (Å²) < 4.78 is 0. The van der Waals surface area contributed by atoms with Gasteiger partial charge in [0.05, 0.1) is 0 Å². The molecule has 0 spiro atoms. The average molecular weight is 183 g/mol. The molecule has 0 atom stereocenters. The Balaban J connectivity index is 4.15. The van der Waals surface area contributed by atoms with Crippen LogP contribution in [0.5, 0.6) is 0 Å². The van der Waals surface area contributed by atoms with Crippen LogP contribution in [-0.2, 0) is 9.59 Å². The molecule has 2 amide bonds. The van der Waals surface area contributed by atoms with Crippen molar-refractivity contribution in [2.45, 2.75) is 26.6 Å². The van der Waals surface area contributed by atoms with Crippen LogP contribution in [0.4, 0.5) is 0 Å². The highest BCUT2D eigenvalue weighted by molar-refractivity contribution is 6.84. The molecule has 0 aliphatic carbocycles. The molecule has 0 heterocycles. The third-order valence-electron chi connectivity index (χ3n) is 0.841. The summed E-state index contributed by atoms with van der Waals surface area (Å²) in [5, 5.41) is 2.09. The maximum Gasteiger partial charge on any atom is 0.301 e.